The SMILES string of the molecule is COc1ccc(C(C)NC(=O)c2cccnc2N2CCCC2)cc1. The maximum Gasteiger partial charge on any atom is 0.255 e. The lowest BCUT2D eigenvalue weighted by molar-refractivity contribution is 0.0940. The van der Waals surface area contributed by atoms with E-state index in [9.17, 15) is 4.79 Å². The first-order chi connectivity index (χ1) is 11.7. The summed E-state index contributed by atoms with van der Waals surface area (Å²) in [7, 11) is 1.64. The van der Waals surface area contributed by atoms with Gasteiger partial charge in [0.05, 0.1) is 18.7 Å². The number of nitrogens with zero attached hydrogens (tertiary/aromatic N) is 2. The van der Waals surface area contributed by atoms with Crippen molar-refractivity contribution in [2.45, 2.75) is 25.8 Å². The van der Waals surface area contributed by atoms with Crippen molar-refractivity contribution in [2.75, 3.05) is 25.1 Å². The minimum Gasteiger partial charge on any atom is -0.497 e. The molecule has 0 saturated carbocycles. The second kappa shape index (κ2) is 7.34. The van der Waals surface area contributed by atoms with Crippen molar-refractivity contribution in [3.05, 3.63) is 53.7 Å². The maximum absolute atomic E-state index is 12.7. The molecule has 1 unspecified atom stereocenters. The van der Waals surface area contributed by atoms with Crippen molar-refractivity contribution in [1.82, 2.24) is 10.3 Å². The number of pyridine rings is 1. The Morgan fingerprint density at radius 3 is 2.58 bits per heavy atom. The number of hydrogen-bond acceptors (Lipinski definition) is 4. The topological polar surface area (TPSA) is 54.5 Å². The van der Waals surface area contributed by atoms with Gasteiger partial charge >= 0.3 is 0 Å². The Bertz CT molecular complexity index is 694. The number of aromatic nitrogens is 1. The van der Waals surface area contributed by atoms with Crippen LogP contribution in [0.3, 0.4) is 0 Å². The summed E-state index contributed by atoms with van der Waals surface area (Å²) in [6.45, 7) is 3.91. The van der Waals surface area contributed by atoms with Gasteiger partial charge in [0.2, 0.25) is 0 Å². The molecule has 126 valence electrons. The molecule has 1 aromatic carbocycles. The summed E-state index contributed by atoms with van der Waals surface area (Å²) in [5, 5.41) is 3.07. The number of carbonyl (C=O) groups is 1. The molecule has 2 heterocycles. The van der Waals surface area contributed by atoms with Gasteiger partial charge in [0, 0.05) is 19.3 Å². The summed E-state index contributed by atoms with van der Waals surface area (Å²) in [4.78, 5) is 19.3. The first kappa shape index (κ1) is 16.3. The van der Waals surface area contributed by atoms with Gasteiger partial charge in [0.25, 0.3) is 5.91 Å². The van der Waals surface area contributed by atoms with Gasteiger partial charge in [0.1, 0.15) is 11.6 Å². The molecule has 1 aromatic heterocycles. The van der Waals surface area contributed by atoms with E-state index in [4.69, 9.17) is 4.74 Å². The van der Waals surface area contributed by atoms with Crippen molar-refractivity contribution >= 4 is 11.7 Å². The molecule has 1 saturated heterocycles. The van der Waals surface area contributed by atoms with Crippen LogP contribution >= 0.6 is 0 Å². The molecule has 0 spiro atoms. The van der Waals surface area contributed by atoms with E-state index in [0.29, 0.717) is 5.56 Å². The molecule has 1 fully saturated rings. The van der Waals surface area contributed by atoms with E-state index in [1.807, 2.05) is 43.3 Å². The van der Waals surface area contributed by atoms with Crippen LogP contribution in [0.5, 0.6) is 5.75 Å². The largest absolute Gasteiger partial charge is 0.497 e. The fraction of sp³-hybridized carbons (Fsp3) is 0.368. The van der Waals surface area contributed by atoms with E-state index in [1.165, 1.54) is 0 Å². The van der Waals surface area contributed by atoms with Gasteiger partial charge in [-0.05, 0) is 49.6 Å². The molecule has 1 N–H and O–H groups in total. The zero-order valence-electron chi connectivity index (χ0n) is 14.2. The Balaban J connectivity index is 1.74. The lowest BCUT2D eigenvalue weighted by Gasteiger charge is -2.21. The van der Waals surface area contributed by atoms with Crippen LogP contribution in [0.25, 0.3) is 0 Å². The summed E-state index contributed by atoms with van der Waals surface area (Å²) >= 11 is 0. The van der Waals surface area contributed by atoms with Crippen molar-refractivity contribution in [3.63, 3.8) is 0 Å². The summed E-state index contributed by atoms with van der Waals surface area (Å²) < 4.78 is 5.17. The molecule has 1 aliphatic rings. The number of nitrogens with one attached hydrogen (secondary N) is 1. The lowest BCUT2D eigenvalue weighted by Crippen LogP contribution is -2.30. The molecule has 1 atom stereocenters. The second-order valence-corrected chi connectivity index (χ2v) is 6.04. The summed E-state index contributed by atoms with van der Waals surface area (Å²) in [6.07, 6.45) is 4.05. The normalized spacial score (nSPS) is 15.2. The Hall–Kier alpha value is -2.56. The Morgan fingerprint density at radius 1 is 1.21 bits per heavy atom. The number of methoxy groups -OCH3 is 1. The van der Waals surface area contributed by atoms with Gasteiger partial charge in [-0.25, -0.2) is 4.98 Å². The molecular formula is C19H23N3O2. The lowest BCUT2D eigenvalue weighted by atomic mass is 10.1. The van der Waals surface area contributed by atoms with E-state index in [0.717, 1.165) is 43.1 Å². The second-order valence-electron chi connectivity index (χ2n) is 6.04. The summed E-state index contributed by atoms with van der Waals surface area (Å²) in [5.74, 6) is 1.50. The van der Waals surface area contributed by atoms with Gasteiger partial charge in [-0.1, -0.05) is 12.1 Å². The Kier molecular flexibility index (Phi) is 4.99. The molecule has 24 heavy (non-hydrogen) atoms. The van der Waals surface area contributed by atoms with Crippen LogP contribution in [0.4, 0.5) is 5.82 Å². The fourth-order valence-electron chi connectivity index (χ4n) is 3.01. The minimum absolute atomic E-state index is 0.0879. The van der Waals surface area contributed by atoms with Crippen LogP contribution in [0.2, 0.25) is 0 Å². The average molecular weight is 325 g/mol. The molecule has 1 aliphatic heterocycles. The third-order valence-electron chi connectivity index (χ3n) is 4.40. The summed E-state index contributed by atoms with van der Waals surface area (Å²) in [6, 6.07) is 11.3. The number of anilines is 1. The van der Waals surface area contributed by atoms with Gasteiger partial charge in [0.15, 0.2) is 0 Å². The number of rotatable bonds is 5. The highest BCUT2D eigenvalue weighted by atomic mass is 16.5. The van der Waals surface area contributed by atoms with Crippen LogP contribution in [0.15, 0.2) is 42.6 Å². The zero-order valence-corrected chi connectivity index (χ0v) is 14.2. The molecule has 3 rings (SSSR count). The van der Waals surface area contributed by atoms with Crippen molar-refractivity contribution < 1.29 is 9.53 Å². The predicted octanol–water partition coefficient (Wildman–Crippen LogP) is 3.18. The standard InChI is InChI=1S/C19H23N3O2/c1-14(15-7-9-16(24-2)10-8-15)21-19(23)17-6-5-11-20-18(17)22-12-3-4-13-22/h5-11,14H,3-4,12-13H2,1-2H3,(H,21,23). The van der Waals surface area contributed by atoms with Crippen LogP contribution in [-0.4, -0.2) is 31.1 Å². The Morgan fingerprint density at radius 2 is 1.92 bits per heavy atom. The molecule has 0 aliphatic carbocycles. The number of amides is 1. The predicted molar refractivity (Wildman–Crippen MR) is 94.6 cm³/mol. The van der Waals surface area contributed by atoms with Crippen molar-refractivity contribution in [1.29, 1.82) is 0 Å². The number of benzene rings is 1. The third-order valence-corrected chi connectivity index (χ3v) is 4.40. The van der Waals surface area contributed by atoms with Gasteiger partial charge in [-0.15, -0.1) is 0 Å². The van der Waals surface area contributed by atoms with Crippen molar-refractivity contribution in [2.24, 2.45) is 0 Å². The third kappa shape index (κ3) is 3.50. The van der Waals surface area contributed by atoms with Crippen LogP contribution in [0.1, 0.15) is 41.7 Å². The van der Waals surface area contributed by atoms with Gasteiger partial charge < -0.3 is 15.0 Å². The molecule has 1 amide bonds. The number of hydrogen-bond donors (Lipinski definition) is 1. The zero-order chi connectivity index (χ0) is 16.9. The van der Waals surface area contributed by atoms with E-state index in [-0.39, 0.29) is 11.9 Å². The van der Waals surface area contributed by atoms with Crippen LogP contribution < -0.4 is 15.0 Å². The highest BCUT2D eigenvalue weighted by Gasteiger charge is 2.21. The summed E-state index contributed by atoms with van der Waals surface area (Å²) in [5.41, 5.74) is 1.68. The smallest absolute Gasteiger partial charge is 0.255 e. The molecule has 5 nitrogen and oxygen atoms in total. The quantitative estimate of drug-likeness (QED) is 0.917. The van der Waals surface area contributed by atoms with Crippen molar-refractivity contribution in [3.8, 4) is 5.75 Å². The highest BCUT2D eigenvalue weighted by molar-refractivity contribution is 5.99. The van der Waals surface area contributed by atoms with E-state index in [2.05, 4.69) is 15.2 Å². The minimum atomic E-state index is -0.0895. The molecule has 2 aromatic rings. The monoisotopic (exact) mass is 325 g/mol. The van der Waals surface area contributed by atoms with E-state index in [1.54, 1.807) is 13.3 Å². The Labute approximate surface area is 142 Å². The first-order valence-electron chi connectivity index (χ1n) is 8.34. The van der Waals surface area contributed by atoms with Crippen LogP contribution in [0, 0.1) is 0 Å². The molecule has 0 radical (unpaired) electrons. The first-order valence-corrected chi connectivity index (χ1v) is 8.34. The van der Waals surface area contributed by atoms with E-state index < -0.39 is 0 Å². The average Bonchev–Trinajstić information content (AvgIpc) is 3.16. The molecular weight excluding hydrogens is 302 g/mol. The van der Waals surface area contributed by atoms with Crippen LogP contribution in [-0.2, 0) is 0 Å². The maximum atomic E-state index is 12.7. The molecule has 0 bridgehead atoms. The van der Waals surface area contributed by atoms with Gasteiger partial charge in [-0.3, -0.25) is 4.79 Å². The van der Waals surface area contributed by atoms with E-state index >= 15 is 0 Å². The van der Waals surface area contributed by atoms with Gasteiger partial charge in [-0.2, -0.15) is 0 Å². The fourth-order valence-corrected chi connectivity index (χ4v) is 3.01. The highest BCUT2D eigenvalue weighted by Crippen LogP contribution is 2.23. The number of carbonyl (C=O) groups excluding carboxylic acids is 1. The number of ether oxygens (including phenoxy) is 1. The molecule has 5 heteroatoms.